The van der Waals surface area contributed by atoms with Gasteiger partial charge in [0.1, 0.15) is 0 Å². The molecule has 0 unspecified atom stereocenters. The molecule has 0 aliphatic rings. The lowest BCUT2D eigenvalue weighted by Crippen LogP contribution is -2.23. The zero-order valence-corrected chi connectivity index (χ0v) is 21.5. The Bertz CT molecular complexity index is 1280. The predicted octanol–water partition coefficient (Wildman–Crippen LogP) is 0.0671. The molecule has 3 aromatic rings. The van der Waals surface area contributed by atoms with E-state index in [2.05, 4.69) is 25.6 Å². The Balaban J connectivity index is 0.000000831. The molecule has 0 radical (unpaired) electrons. The fourth-order valence-corrected chi connectivity index (χ4v) is 2.00. The van der Waals surface area contributed by atoms with E-state index < -0.39 is 32.1 Å². The van der Waals surface area contributed by atoms with Gasteiger partial charge in [-0.2, -0.15) is 5.26 Å². The molecule has 0 aliphatic carbocycles. The lowest BCUT2D eigenvalue weighted by atomic mass is 10.2. The van der Waals surface area contributed by atoms with Gasteiger partial charge in [-0.25, -0.2) is 52.0 Å². The van der Waals surface area contributed by atoms with Crippen molar-refractivity contribution in [2.24, 2.45) is 0 Å². The summed E-state index contributed by atoms with van der Waals surface area (Å²) in [7, 11) is -7.83. The molecular weight excluding hydrogens is 528 g/mol. The first-order valence-electron chi connectivity index (χ1n) is 9.79. The van der Waals surface area contributed by atoms with E-state index in [0.717, 1.165) is 0 Å². The van der Waals surface area contributed by atoms with Crippen molar-refractivity contribution in [2.45, 2.75) is 6.92 Å². The minimum absolute atomic E-state index is 0.150. The first-order valence-corrected chi connectivity index (χ1v) is 13.4. The lowest BCUT2D eigenvalue weighted by molar-refractivity contribution is -0.361. The molecule has 16 heteroatoms. The predicted molar refractivity (Wildman–Crippen MR) is 129 cm³/mol. The summed E-state index contributed by atoms with van der Waals surface area (Å²) in [4.78, 5) is 34.3. The summed E-state index contributed by atoms with van der Waals surface area (Å²) in [6, 6.07) is 17.1. The quantitative estimate of drug-likeness (QED) is 0.413. The molecule has 3 aromatic heterocycles. The number of nitrogens with one attached hydrogen (secondary N) is 4. The molecule has 2 amide bonds. The van der Waals surface area contributed by atoms with E-state index in [-0.39, 0.29) is 11.4 Å². The molecule has 0 aliphatic heterocycles. The summed E-state index contributed by atoms with van der Waals surface area (Å²) >= 11 is 0. The van der Waals surface area contributed by atoms with Crippen LogP contribution in [-0.4, -0.2) is 55.3 Å². The van der Waals surface area contributed by atoms with E-state index in [1.807, 2.05) is 0 Å². The fraction of sp³-hybridized carbons (Fsp3) is 0.143. The average molecular weight is 553 g/mol. The monoisotopic (exact) mass is 552 g/mol. The Labute approximate surface area is 213 Å². The van der Waals surface area contributed by atoms with Crippen LogP contribution in [0.1, 0.15) is 27.9 Å². The summed E-state index contributed by atoms with van der Waals surface area (Å²) in [6.45, 7) is 1.43. The van der Waals surface area contributed by atoms with Gasteiger partial charge in [-0.05, 0) is 24.3 Å². The van der Waals surface area contributed by atoms with E-state index in [1.165, 1.54) is 6.92 Å². The van der Waals surface area contributed by atoms with Gasteiger partial charge in [0.05, 0.1) is 38.7 Å². The van der Waals surface area contributed by atoms with Gasteiger partial charge in [-0.3, -0.25) is 0 Å². The largest absolute Gasteiger partial charge is 0.748 e. The highest BCUT2D eigenvalue weighted by Gasteiger charge is 2.19. The number of aromatic amines is 2. The van der Waals surface area contributed by atoms with Crippen LogP contribution < -0.4 is 20.6 Å². The van der Waals surface area contributed by atoms with Crippen molar-refractivity contribution in [3.8, 4) is 6.07 Å². The van der Waals surface area contributed by atoms with E-state index in [1.54, 1.807) is 73.1 Å². The average Bonchev–Trinajstić information content (AvgIpc) is 2.79. The molecule has 0 aromatic carbocycles. The van der Waals surface area contributed by atoms with Crippen molar-refractivity contribution in [3.05, 3.63) is 78.4 Å². The number of H-pyrrole nitrogens is 2. The van der Waals surface area contributed by atoms with Gasteiger partial charge in [-0.1, -0.05) is 18.2 Å². The van der Waals surface area contributed by atoms with Crippen molar-refractivity contribution in [1.29, 1.82) is 5.26 Å². The summed E-state index contributed by atoms with van der Waals surface area (Å²) in [5.41, 5.74) is 0.300. The maximum atomic E-state index is 12.2. The first-order chi connectivity index (χ1) is 17.1. The van der Waals surface area contributed by atoms with E-state index in [0.29, 0.717) is 24.1 Å². The first kappa shape index (κ1) is 32.7. The van der Waals surface area contributed by atoms with E-state index >= 15 is 0 Å². The molecule has 0 bridgehead atoms. The number of pyridine rings is 3. The van der Waals surface area contributed by atoms with Gasteiger partial charge >= 0.3 is 11.8 Å². The third-order valence-corrected chi connectivity index (χ3v) is 3.13. The van der Waals surface area contributed by atoms with Crippen LogP contribution in [0.4, 0.5) is 11.6 Å². The van der Waals surface area contributed by atoms with Gasteiger partial charge in [0.2, 0.25) is 0 Å². The van der Waals surface area contributed by atoms with Crippen LogP contribution in [0.2, 0.25) is 0 Å². The third-order valence-electron chi connectivity index (χ3n) is 3.13. The minimum Gasteiger partial charge on any atom is -0.748 e. The smallest absolute Gasteiger partial charge is 0.357 e. The van der Waals surface area contributed by atoms with Crippen LogP contribution in [0.3, 0.4) is 0 Å². The highest BCUT2D eigenvalue weighted by atomic mass is 32.2. The van der Waals surface area contributed by atoms with Crippen LogP contribution in [0.15, 0.2) is 67.0 Å². The summed E-state index contributed by atoms with van der Waals surface area (Å²) in [6.07, 6.45) is 4.60. The van der Waals surface area contributed by atoms with Crippen LogP contribution in [0.25, 0.3) is 0 Å². The van der Waals surface area contributed by atoms with Crippen molar-refractivity contribution < 1.29 is 45.5 Å². The van der Waals surface area contributed by atoms with Gasteiger partial charge in [0.15, 0.2) is 11.4 Å². The van der Waals surface area contributed by atoms with Crippen molar-refractivity contribution in [3.63, 3.8) is 0 Å². The number of carbonyl (C=O) groups excluding carboxylic acids is 2. The second kappa shape index (κ2) is 16.4. The topological polar surface area (TPSA) is 238 Å². The molecule has 198 valence electrons. The van der Waals surface area contributed by atoms with Gasteiger partial charge in [0, 0.05) is 31.6 Å². The Morgan fingerprint density at radius 1 is 0.784 bits per heavy atom. The van der Waals surface area contributed by atoms with Crippen LogP contribution in [0.5, 0.6) is 0 Å². The number of amides is 2. The molecule has 4 N–H and O–H groups in total. The molecule has 3 heterocycles. The highest BCUT2D eigenvalue weighted by molar-refractivity contribution is 7.85. The Kier molecular flexibility index (Phi) is 14.5. The molecule has 0 fully saturated rings. The van der Waals surface area contributed by atoms with Gasteiger partial charge in [-0.15, -0.1) is 0 Å². The molecule has 0 spiro atoms. The molecule has 0 saturated carbocycles. The van der Waals surface area contributed by atoms with Gasteiger partial charge in [0.25, 0.3) is 11.6 Å². The number of aromatic nitrogens is 3. The zero-order chi connectivity index (χ0) is 28.5. The lowest BCUT2D eigenvalue weighted by Gasteiger charge is -2.00. The highest BCUT2D eigenvalue weighted by Crippen LogP contribution is 2.05. The number of nitriles is 1. The molecular formula is C21H24N6O8S2. The van der Waals surface area contributed by atoms with Crippen LogP contribution >= 0.6 is 0 Å². The number of anilines is 2. The summed E-state index contributed by atoms with van der Waals surface area (Å²) in [5.74, 6) is 0.271. The number of hydrogen-bond donors (Lipinski definition) is 2. The maximum absolute atomic E-state index is 12.2. The molecule has 0 saturated heterocycles. The zero-order valence-electron chi connectivity index (χ0n) is 19.8. The standard InChI is InChI=1S/C17H13N5O2.C2H3N.2CH4O3S/c23-16(21-14-8-1-3-10-18-14)12-6-5-7-13(20-12)17(24)22-15-9-2-4-11-19-15;1-2-3;2*1-5(2,3)4/h1-11H,(H,18,21,23)(H,19,22,24);1H3;2*1H3,(H,2,3,4). The minimum atomic E-state index is -3.92. The number of carbonyl (C=O) groups is 2. The maximum Gasteiger partial charge on any atom is 0.357 e. The second-order valence-electron chi connectivity index (χ2n) is 6.50. The number of rotatable bonds is 4. The Hall–Kier alpha value is -4.30. The number of nitrogens with zero attached hydrogens (tertiary/aromatic N) is 2. The van der Waals surface area contributed by atoms with Crippen LogP contribution in [-0.2, 0) is 20.2 Å². The third kappa shape index (κ3) is 19.7. The van der Waals surface area contributed by atoms with E-state index in [4.69, 9.17) is 31.2 Å². The van der Waals surface area contributed by atoms with Crippen molar-refractivity contribution in [2.75, 3.05) is 23.1 Å². The van der Waals surface area contributed by atoms with E-state index in [9.17, 15) is 9.59 Å². The van der Waals surface area contributed by atoms with Gasteiger partial charge < -0.3 is 9.11 Å². The second-order valence-corrected chi connectivity index (χ2v) is 9.32. The summed E-state index contributed by atoms with van der Waals surface area (Å²) < 4.78 is 54.5. The molecule has 3 rings (SSSR count). The van der Waals surface area contributed by atoms with Crippen molar-refractivity contribution >= 4 is 43.7 Å². The SMILES string of the molecule is CC#N.CS(=O)(=O)[O-].CS(=O)(=O)[O-].O=C(Nc1cccc[nH+]1)c1cccc(C(=O)Nc2cccc[nH+]2)n1. The Morgan fingerprint density at radius 2 is 1.11 bits per heavy atom. The number of hydrogen-bond acceptors (Lipinski definition) is 10. The van der Waals surface area contributed by atoms with Crippen LogP contribution in [0, 0.1) is 11.3 Å². The normalized spacial score (nSPS) is 9.84. The summed E-state index contributed by atoms with van der Waals surface area (Å²) in [5, 5.41) is 12.7. The Morgan fingerprint density at radius 3 is 1.38 bits per heavy atom. The fourth-order valence-electron chi connectivity index (χ4n) is 2.00. The van der Waals surface area contributed by atoms with Crippen molar-refractivity contribution in [1.82, 2.24) is 4.98 Å². The molecule has 0 atom stereocenters. The molecule has 14 nitrogen and oxygen atoms in total. The molecule has 37 heavy (non-hydrogen) atoms.